The monoisotopic (exact) mass is 209 g/mol. The number of nitrogens with zero attached hydrogens (tertiary/aromatic N) is 2. The summed E-state index contributed by atoms with van der Waals surface area (Å²) in [5.41, 5.74) is 5.61. The van der Waals surface area contributed by atoms with Crippen LogP contribution in [-0.4, -0.2) is 29.4 Å². The number of amides is 1. The van der Waals surface area contributed by atoms with Crippen molar-refractivity contribution in [1.29, 1.82) is 5.26 Å². The lowest BCUT2D eigenvalue weighted by Gasteiger charge is -2.30. The Bertz CT molecular complexity index is 392. The number of carbonyl (C=O) groups excluding carboxylic acids is 1. The van der Waals surface area contributed by atoms with Gasteiger partial charge in [0.05, 0.1) is 11.6 Å². The van der Waals surface area contributed by atoms with Crippen LogP contribution in [0.25, 0.3) is 0 Å². The zero-order valence-corrected chi connectivity index (χ0v) is 8.39. The van der Waals surface area contributed by atoms with Crippen LogP contribution >= 0.6 is 0 Å². The molecule has 0 aromatic rings. The summed E-state index contributed by atoms with van der Waals surface area (Å²) in [5, 5.41) is 18.4. The highest BCUT2D eigenvalue weighted by atomic mass is 16.6. The average Bonchev–Trinajstić information content (AvgIpc) is 2.14. The maximum Gasteiger partial charge on any atom is 0.411 e. The van der Waals surface area contributed by atoms with E-state index in [1.807, 2.05) is 6.07 Å². The second-order valence-corrected chi connectivity index (χ2v) is 3.10. The van der Waals surface area contributed by atoms with Crippen molar-refractivity contribution in [3.05, 3.63) is 23.1 Å². The Balaban J connectivity index is 3.07. The largest absolute Gasteiger partial charge is 0.411 e. The van der Waals surface area contributed by atoms with Crippen LogP contribution in [0.1, 0.15) is 6.92 Å². The maximum absolute atomic E-state index is 10.5. The Morgan fingerprint density at radius 1 is 1.80 bits per heavy atom. The molecule has 1 rings (SSSR count). The quantitative estimate of drug-likeness (QED) is 0.634. The zero-order chi connectivity index (χ0) is 11.6. The Morgan fingerprint density at radius 2 is 2.40 bits per heavy atom. The van der Waals surface area contributed by atoms with Gasteiger partial charge in [0.15, 0.2) is 6.23 Å². The number of aliphatic hydroxyl groups is 1. The minimum atomic E-state index is -1.12. The number of ether oxygens (including phenoxy) is 1. The SMILES string of the molecule is CC1=C(C#N)C(O)N(C)C(OC(N)=O)=C1. The molecule has 6 nitrogen and oxygen atoms in total. The molecular weight excluding hydrogens is 198 g/mol. The van der Waals surface area contributed by atoms with Crippen molar-refractivity contribution >= 4 is 6.09 Å². The number of nitriles is 1. The van der Waals surface area contributed by atoms with Crippen LogP contribution in [0.2, 0.25) is 0 Å². The number of carbonyl (C=O) groups is 1. The molecule has 3 N–H and O–H groups in total. The number of hydrogen-bond donors (Lipinski definition) is 2. The third-order valence-electron chi connectivity index (χ3n) is 2.06. The summed E-state index contributed by atoms with van der Waals surface area (Å²) < 4.78 is 4.66. The minimum absolute atomic E-state index is 0.117. The Morgan fingerprint density at radius 3 is 2.87 bits per heavy atom. The van der Waals surface area contributed by atoms with Crippen LogP contribution in [0.3, 0.4) is 0 Å². The third-order valence-corrected chi connectivity index (χ3v) is 2.06. The molecule has 1 atom stereocenters. The smallest absolute Gasteiger partial charge is 0.394 e. The molecular formula is C9H11N3O3. The van der Waals surface area contributed by atoms with Gasteiger partial charge in [0.2, 0.25) is 5.88 Å². The van der Waals surface area contributed by atoms with Crippen LogP contribution < -0.4 is 5.73 Å². The van der Waals surface area contributed by atoms with Gasteiger partial charge in [-0.25, -0.2) is 4.79 Å². The summed E-state index contributed by atoms with van der Waals surface area (Å²) in [7, 11) is 1.49. The Hall–Kier alpha value is -2.00. The molecule has 0 aromatic heterocycles. The van der Waals surface area contributed by atoms with E-state index in [0.29, 0.717) is 5.57 Å². The van der Waals surface area contributed by atoms with Gasteiger partial charge >= 0.3 is 6.09 Å². The first-order valence-electron chi connectivity index (χ1n) is 4.18. The number of allylic oxidation sites excluding steroid dienone is 2. The normalized spacial score (nSPS) is 20.8. The van der Waals surface area contributed by atoms with Gasteiger partial charge in [0, 0.05) is 13.1 Å². The first-order chi connectivity index (χ1) is 6.97. The standard InChI is InChI=1S/C9H11N3O3/c1-5-3-7(15-9(11)14)12(2)8(13)6(5)4-10/h3,8,13H,1-2H3,(H2,11,14). The van der Waals surface area contributed by atoms with Gasteiger partial charge in [-0.15, -0.1) is 0 Å². The molecule has 6 heteroatoms. The second kappa shape index (κ2) is 4.02. The summed E-state index contributed by atoms with van der Waals surface area (Å²) in [6.45, 7) is 1.64. The molecule has 0 aliphatic carbocycles. The van der Waals surface area contributed by atoms with E-state index in [9.17, 15) is 9.90 Å². The molecule has 0 saturated carbocycles. The molecule has 1 heterocycles. The van der Waals surface area contributed by atoms with Gasteiger partial charge in [0.25, 0.3) is 0 Å². The number of aliphatic hydroxyl groups excluding tert-OH is 1. The number of hydrogen-bond acceptors (Lipinski definition) is 5. The van der Waals surface area contributed by atoms with Crippen LogP contribution in [0.5, 0.6) is 0 Å². The van der Waals surface area contributed by atoms with Crippen molar-refractivity contribution in [3.63, 3.8) is 0 Å². The van der Waals surface area contributed by atoms with E-state index in [1.165, 1.54) is 18.0 Å². The van der Waals surface area contributed by atoms with Crippen molar-refractivity contribution in [2.45, 2.75) is 13.2 Å². The van der Waals surface area contributed by atoms with E-state index >= 15 is 0 Å². The van der Waals surface area contributed by atoms with Crippen LogP contribution in [0.4, 0.5) is 4.79 Å². The first-order valence-corrected chi connectivity index (χ1v) is 4.18. The third kappa shape index (κ3) is 2.08. The van der Waals surface area contributed by atoms with Gasteiger partial charge < -0.3 is 20.5 Å². The molecule has 0 radical (unpaired) electrons. The van der Waals surface area contributed by atoms with E-state index in [1.54, 1.807) is 6.92 Å². The van der Waals surface area contributed by atoms with Gasteiger partial charge in [-0.2, -0.15) is 5.26 Å². The summed E-state index contributed by atoms with van der Waals surface area (Å²) in [4.78, 5) is 11.8. The molecule has 0 fully saturated rings. The van der Waals surface area contributed by atoms with Crippen molar-refractivity contribution in [3.8, 4) is 6.07 Å². The van der Waals surface area contributed by atoms with Gasteiger partial charge in [-0.05, 0) is 12.5 Å². The molecule has 0 aromatic carbocycles. The number of primary amides is 1. The van der Waals surface area contributed by atoms with Crippen molar-refractivity contribution in [2.75, 3.05) is 7.05 Å². The first kappa shape index (κ1) is 11.1. The lowest BCUT2D eigenvalue weighted by molar-refractivity contribution is 0.0353. The molecule has 1 unspecified atom stereocenters. The summed E-state index contributed by atoms with van der Waals surface area (Å²) in [6, 6.07) is 1.88. The number of nitrogens with two attached hydrogens (primary N) is 1. The lowest BCUT2D eigenvalue weighted by atomic mass is 10.1. The van der Waals surface area contributed by atoms with E-state index in [4.69, 9.17) is 11.0 Å². The Labute approximate surface area is 86.8 Å². The van der Waals surface area contributed by atoms with Gasteiger partial charge in [-0.1, -0.05) is 0 Å². The van der Waals surface area contributed by atoms with E-state index in [2.05, 4.69) is 4.74 Å². The summed E-state index contributed by atoms with van der Waals surface area (Å²) in [6.07, 6.45) is -0.612. The molecule has 0 spiro atoms. The maximum atomic E-state index is 10.5. The molecule has 0 saturated heterocycles. The van der Waals surface area contributed by atoms with Crippen LogP contribution in [0.15, 0.2) is 23.1 Å². The van der Waals surface area contributed by atoms with E-state index < -0.39 is 12.3 Å². The van der Waals surface area contributed by atoms with Crippen LogP contribution in [-0.2, 0) is 4.74 Å². The van der Waals surface area contributed by atoms with E-state index in [-0.39, 0.29) is 11.5 Å². The highest BCUT2D eigenvalue weighted by Gasteiger charge is 2.26. The predicted molar refractivity (Wildman–Crippen MR) is 50.8 cm³/mol. The fraction of sp³-hybridized carbons (Fsp3) is 0.333. The number of rotatable bonds is 1. The van der Waals surface area contributed by atoms with E-state index in [0.717, 1.165) is 0 Å². The van der Waals surface area contributed by atoms with Crippen molar-refractivity contribution in [2.24, 2.45) is 5.73 Å². The lowest BCUT2D eigenvalue weighted by Crippen LogP contribution is -2.37. The molecule has 15 heavy (non-hydrogen) atoms. The summed E-state index contributed by atoms with van der Waals surface area (Å²) >= 11 is 0. The average molecular weight is 209 g/mol. The summed E-state index contributed by atoms with van der Waals surface area (Å²) in [5.74, 6) is 0.117. The van der Waals surface area contributed by atoms with Gasteiger partial charge in [-0.3, -0.25) is 0 Å². The fourth-order valence-electron chi connectivity index (χ4n) is 1.23. The zero-order valence-electron chi connectivity index (χ0n) is 8.39. The molecule has 1 amide bonds. The molecule has 80 valence electrons. The second-order valence-electron chi connectivity index (χ2n) is 3.10. The number of likely N-dealkylation sites (N-methyl/N-ethyl adjacent to an activating group) is 1. The molecule has 1 aliphatic heterocycles. The van der Waals surface area contributed by atoms with Crippen molar-refractivity contribution < 1.29 is 14.6 Å². The highest BCUT2D eigenvalue weighted by Crippen LogP contribution is 2.23. The van der Waals surface area contributed by atoms with Gasteiger partial charge in [0.1, 0.15) is 0 Å². The topological polar surface area (TPSA) is 99.6 Å². The molecule has 1 aliphatic rings. The Kier molecular flexibility index (Phi) is 2.97. The predicted octanol–water partition coefficient (Wildman–Crippen LogP) is 0.0270. The molecule has 0 bridgehead atoms. The highest BCUT2D eigenvalue weighted by molar-refractivity contribution is 5.66. The van der Waals surface area contributed by atoms with Crippen molar-refractivity contribution in [1.82, 2.24) is 4.90 Å². The minimum Gasteiger partial charge on any atom is -0.394 e. The fourth-order valence-corrected chi connectivity index (χ4v) is 1.23. The van der Waals surface area contributed by atoms with Crippen LogP contribution in [0, 0.1) is 11.3 Å².